The average Bonchev–Trinajstić information content (AvgIpc) is 2.31. The molecule has 0 saturated heterocycles. The van der Waals surface area contributed by atoms with Gasteiger partial charge in [-0.15, -0.1) is 0 Å². The van der Waals surface area contributed by atoms with Crippen LogP contribution in [0.1, 0.15) is 39.2 Å². The molecule has 1 aliphatic rings. The highest BCUT2D eigenvalue weighted by molar-refractivity contribution is 5.66. The standard InChI is InChI=1S/C16H23NO3/c1-15(2,3)16(17-14(18)19)9-13(10-16)20-11-12-7-5-4-6-8-12/h4-8,13,17H,9-11H2,1-3H3,(H,18,19). The Morgan fingerprint density at radius 3 is 2.45 bits per heavy atom. The van der Waals surface area contributed by atoms with Crippen molar-refractivity contribution in [1.29, 1.82) is 0 Å². The van der Waals surface area contributed by atoms with Crippen LogP contribution in [0.25, 0.3) is 0 Å². The van der Waals surface area contributed by atoms with Gasteiger partial charge in [0.15, 0.2) is 0 Å². The molecule has 1 saturated carbocycles. The summed E-state index contributed by atoms with van der Waals surface area (Å²) in [5.41, 5.74) is 0.657. The molecule has 1 aliphatic carbocycles. The maximum Gasteiger partial charge on any atom is 0.405 e. The molecule has 0 atom stereocenters. The van der Waals surface area contributed by atoms with E-state index in [4.69, 9.17) is 9.84 Å². The van der Waals surface area contributed by atoms with Gasteiger partial charge in [-0.25, -0.2) is 4.79 Å². The second-order valence-corrected chi connectivity index (χ2v) is 6.59. The van der Waals surface area contributed by atoms with E-state index in [9.17, 15) is 4.79 Å². The van der Waals surface area contributed by atoms with Crippen LogP contribution in [0, 0.1) is 5.41 Å². The lowest BCUT2D eigenvalue weighted by Gasteiger charge is -2.55. The van der Waals surface area contributed by atoms with E-state index in [-0.39, 0.29) is 17.1 Å². The number of amides is 1. The Hall–Kier alpha value is -1.55. The summed E-state index contributed by atoms with van der Waals surface area (Å²) < 4.78 is 5.86. The minimum absolute atomic E-state index is 0.113. The van der Waals surface area contributed by atoms with Crippen molar-refractivity contribution >= 4 is 6.09 Å². The van der Waals surface area contributed by atoms with Crippen LogP contribution in [0.3, 0.4) is 0 Å². The first-order chi connectivity index (χ1) is 9.32. The van der Waals surface area contributed by atoms with Gasteiger partial charge < -0.3 is 15.2 Å². The van der Waals surface area contributed by atoms with Gasteiger partial charge in [-0.05, 0) is 23.8 Å². The zero-order chi connectivity index (χ0) is 14.8. The molecule has 4 nitrogen and oxygen atoms in total. The summed E-state index contributed by atoms with van der Waals surface area (Å²) in [6.45, 7) is 6.78. The number of rotatable bonds is 4. The second kappa shape index (κ2) is 5.44. The van der Waals surface area contributed by atoms with Crippen LogP contribution >= 0.6 is 0 Å². The Bertz CT molecular complexity index is 458. The smallest absolute Gasteiger partial charge is 0.405 e. The summed E-state index contributed by atoms with van der Waals surface area (Å²) in [5.74, 6) is 0. The number of ether oxygens (including phenoxy) is 1. The van der Waals surface area contributed by atoms with Crippen molar-refractivity contribution in [3.8, 4) is 0 Å². The van der Waals surface area contributed by atoms with Crippen LogP contribution in [-0.4, -0.2) is 22.8 Å². The maximum atomic E-state index is 11.0. The number of hydrogen-bond acceptors (Lipinski definition) is 2. The first-order valence-corrected chi connectivity index (χ1v) is 6.99. The Kier molecular flexibility index (Phi) is 4.04. The molecule has 2 N–H and O–H groups in total. The number of hydrogen-bond donors (Lipinski definition) is 2. The lowest BCUT2D eigenvalue weighted by atomic mass is 9.60. The first-order valence-electron chi connectivity index (χ1n) is 6.99. The highest BCUT2D eigenvalue weighted by Gasteiger charge is 2.53. The highest BCUT2D eigenvalue weighted by atomic mass is 16.5. The summed E-state index contributed by atoms with van der Waals surface area (Å²) in [6.07, 6.45) is 0.633. The molecular formula is C16H23NO3. The number of benzene rings is 1. The molecule has 20 heavy (non-hydrogen) atoms. The molecule has 0 radical (unpaired) electrons. The highest BCUT2D eigenvalue weighted by Crippen LogP contribution is 2.47. The fraction of sp³-hybridized carbons (Fsp3) is 0.562. The van der Waals surface area contributed by atoms with E-state index in [0.717, 1.165) is 18.4 Å². The lowest BCUT2D eigenvalue weighted by Crippen LogP contribution is -2.66. The van der Waals surface area contributed by atoms with Gasteiger partial charge >= 0.3 is 6.09 Å². The topological polar surface area (TPSA) is 58.6 Å². The van der Waals surface area contributed by atoms with Gasteiger partial charge in [0, 0.05) is 0 Å². The van der Waals surface area contributed by atoms with Gasteiger partial charge in [-0.3, -0.25) is 0 Å². The first kappa shape index (κ1) is 14.9. The molecule has 1 amide bonds. The minimum Gasteiger partial charge on any atom is -0.465 e. The number of nitrogens with one attached hydrogen (secondary N) is 1. The molecule has 0 heterocycles. The molecule has 1 fully saturated rings. The fourth-order valence-corrected chi connectivity index (χ4v) is 2.73. The number of carbonyl (C=O) groups is 1. The van der Waals surface area contributed by atoms with Crippen LogP contribution in [-0.2, 0) is 11.3 Å². The molecule has 1 aromatic carbocycles. The Morgan fingerprint density at radius 1 is 1.35 bits per heavy atom. The third-order valence-electron chi connectivity index (χ3n) is 4.26. The Morgan fingerprint density at radius 2 is 1.95 bits per heavy atom. The van der Waals surface area contributed by atoms with E-state index in [1.807, 2.05) is 30.3 Å². The van der Waals surface area contributed by atoms with E-state index < -0.39 is 6.09 Å². The third kappa shape index (κ3) is 3.12. The predicted molar refractivity (Wildman–Crippen MR) is 77.6 cm³/mol. The molecule has 1 aromatic rings. The molecule has 4 heteroatoms. The molecule has 0 aromatic heterocycles. The van der Waals surface area contributed by atoms with E-state index in [2.05, 4.69) is 26.1 Å². The van der Waals surface area contributed by atoms with Crippen LogP contribution in [0.4, 0.5) is 4.79 Å². The van der Waals surface area contributed by atoms with Crippen LogP contribution in [0.15, 0.2) is 30.3 Å². The lowest BCUT2D eigenvalue weighted by molar-refractivity contribution is -0.0980. The third-order valence-corrected chi connectivity index (χ3v) is 4.26. The van der Waals surface area contributed by atoms with Crippen molar-refractivity contribution in [2.45, 2.75) is 51.9 Å². The van der Waals surface area contributed by atoms with E-state index in [0.29, 0.717) is 6.61 Å². The molecular weight excluding hydrogens is 254 g/mol. The van der Waals surface area contributed by atoms with Crippen molar-refractivity contribution in [2.24, 2.45) is 5.41 Å². The van der Waals surface area contributed by atoms with Gasteiger partial charge in [0.1, 0.15) is 0 Å². The monoisotopic (exact) mass is 277 g/mol. The predicted octanol–water partition coefficient (Wildman–Crippen LogP) is 3.42. The molecule has 0 bridgehead atoms. The molecule has 0 aliphatic heterocycles. The summed E-state index contributed by atoms with van der Waals surface area (Å²) in [5, 5.41) is 11.7. The Balaban J connectivity index is 1.89. The zero-order valence-corrected chi connectivity index (χ0v) is 12.3. The van der Waals surface area contributed by atoms with Gasteiger partial charge in [-0.1, -0.05) is 51.1 Å². The quantitative estimate of drug-likeness (QED) is 0.886. The summed E-state index contributed by atoms with van der Waals surface area (Å²) in [4.78, 5) is 11.0. The molecule has 110 valence electrons. The van der Waals surface area contributed by atoms with Crippen LogP contribution < -0.4 is 5.32 Å². The fourth-order valence-electron chi connectivity index (χ4n) is 2.73. The van der Waals surface area contributed by atoms with Crippen molar-refractivity contribution < 1.29 is 14.6 Å². The van der Waals surface area contributed by atoms with Gasteiger partial charge in [0.05, 0.1) is 18.2 Å². The van der Waals surface area contributed by atoms with E-state index >= 15 is 0 Å². The van der Waals surface area contributed by atoms with E-state index in [1.54, 1.807) is 0 Å². The van der Waals surface area contributed by atoms with Crippen molar-refractivity contribution in [3.05, 3.63) is 35.9 Å². The summed E-state index contributed by atoms with van der Waals surface area (Å²) >= 11 is 0. The Labute approximate surface area is 120 Å². The second-order valence-electron chi connectivity index (χ2n) is 6.59. The van der Waals surface area contributed by atoms with Crippen molar-refractivity contribution in [2.75, 3.05) is 0 Å². The van der Waals surface area contributed by atoms with Crippen LogP contribution in [0.2, 0.25) is 0 Å². The largest absolute Gasteiger partial charge is 0.465 e. The summed E-state index contributed by atoms with van der Waals surface area (Å²) in [6, 6.07) is 10.0. The van der Waals surface area contributed by atoms with Crippen molar-refractivity contribution in [1.82, 2.24) is 5.32 Å². The maximum absolute atomic E-state index is 11.0. The van der Waals surface area contributed by atoms with Gasteiger partial charge in [0.25, 0.3) is 0 Å². The van der Waals surface area contributed by atoms with E-state index in [1.165, 1.54) is 0 Å². The zero-order valence-electron chi connectivity index (χ0n) is 12.3. The van der Waals surface area contributed by atoms with Crippen LogP contribution in [0.5, 0.6) is 0 Å². The number of carboxylic acid groups (broad SMARTS) is 1. The molecule has 0 unspecified atom stereocenters. The van der Waals surface area contributed by atoms with Crippen molar-refractivity contribution in [3.63, 3.8) is 0 Å². The SMILES string of the molecule is CC(C)(C)C1(NC(=O)O)CC(OCc2ccccc2)C1. The minimum atomic E-state index is -0.957. The van der Waals surface area contributed by atoms with Gasteiger partial charge in [-0.2, -0.15) is 0 Å². The average molecular weight is 277 g/mol. The molecule has 2 rings (SSSR count). The molecule has 0 spiro atoms. The van der Waals surface area contributed by atoms with Gasteiger partial charge in [0.2, 0.25) is 0 Å². The summed E-state index contributed by atoms with van der Waals surface area (Å²) in [7, 11) is 0. The normalized spacial score (nSPS) is 25.9.